The summed E-state index contributed by atoms with van der Waals surface area (Å²) < 4.78 is 4.88. The second kappa shape index (κ2) is 7.70. The number of carbonyl (C=O) groups excluding carboxylic acids is 1. The Labute approximate surface area is 104 Å². The highest BCUT2D eigenvalue weighted by molar-refractivity contribution is 8.93. The molecule has 1 aromatic carbocycles. The molecule has 0 spiro atoms. The van der Waals surface area contributed by atoms with E-state index >= 15 is 0 Å². The lowest BCUT2D eigenvalue weighted by Crippen LogP contribution is -2.33. The van der Waals surface area contributed by atoms with Gasteiger partial charge in [0.05, 0.1) is 6.54 Å². The van der Waals surface area contributed by atoms with Crippen LogP contribution in [-0.2, 0) is 11.3 Å². The number of ether oxygens (including phenoxy) is 1. The van der Waals surface area contributed by atoms with E-state index in [1.807, 2.05) is 30.3 Å². The van der Waals surface area contributed by atoms with Gasteiger partial charge >= 0.3 is 6.09 Å². The third-order valence-electron chi connectivity index (χ3n) is 1.64. The van der Waals surface area contributed by atoms with Gasteiger partial charge in [0.1, 0.15) is 12.4 Å². The van der Waals surface area contributed by atoms with E-state index in [1.54, 1.807) is 0 Å². The fraction of sp³-hybridized carbons (Fsp3) is 0.200. The zero-order chi connectivity index (χ0) is 11.1. The predicted octanol–water partition coefficient (Wildman–Crippen LogP) is 1.43. The predicted molar refractivity (Wildman–Crippen MR) is 66.9 cm³/mol. The average molecular weight is 288 g/mol. The molecule has 1 aromatic rings. The van der Waals surface area contributed by atoms with Gasteiger partial charge in [0.2, 0.25) is 0 Å². The van der Waals surface area contributed by atoms with E-state index < -0.39 is 6.09 Å². The Hall–Kier alpha value is -1.56. The van der Waals surface area contributed by atoms with E-state index in [9.17, 15) is 4.79 Å². The third kappa shape index (κ3) is 6.02. The van der Waals surface area contributed by atoms with Gasteiger partial charge in [0.25, 0.3) is 0 Å². The Bertz CT molecular complexity index is 343. The number of carbonyl (C=O) groups is 1. The highest BCUT2D eigenvalue weighted by atomic mass is 79.9. The number of amides is 1. The quantitative estimate of drug-likeness (QED) is 0.578. The van der Waals surface area contributed by atoms with Gasteiger partial charge < -0.3 is 15.8 Å². The molecule has 1 amide bonds. The van der Waals surface area contributed by atoms with Gasteiger partial charge in [-0.3, -0.25) is 5.41 Å². The molecule has 5 nitrogen and oxygen atoms in total. The Morgan fingerprint density at radius 3 is 2.56 bits per heavy atom. The molecule has 0 aliphatic carbocycles. The van der Waals surface area contributed by atoms with Crippen LogP contribution >= 0.6 is 17.0 Å². The van der Waals surface area contributed by atoms with E-state index in [1.165, 1.54) is 0 Å². The first kappa shape index (κ1) is 14.4. The summed E-state index contributed by atoms with van der Waals surface area (Å²) in [5.41, 5.74) is 5.97. The van der Waals surface area contributed by atoms with Crippen molar-refractivity contribution in [1.29, 1.82) is 5.41 Å². The molecule has 0 atom stereocenters. The summed E-state index contributed by atoms with van der Waals surface area (Å²) in [5.74, 6) is -0.105. The molecule has 88 valence electrons. The van der Waals surface area contributed by atoms with Gasteiger partial charge in [0.15, 0.2) is 0 Å². The minimum atomic E-state index is -0.575. The lowest BCUT2D eigenvalue weighted by Gasteiger charge is -2.05. The lowest BCUT2D eigenvalue weighted by molar-refractivity contribution is 0.141. The van der Waals surface area contributed by atoms with Crippen LogP contribution in [0.1, 0.15) is 5.56 Å². The minimum absolute atomic E-state index is 0. The molecule has 0 radical (unpaired) electrons. The van der Waals surface area contributed by atoms with Crippen molar-refractivity contribution in [3.05, 3.63) is 35.9 Å². The van der Waals surface area contributed by atoms with E-state index in [0.717, 1.165) is 5.56 Å². The molecule has 0 aliphatic rings. The van der Waals surface area contributed by atoms with Crippen molar-refractivity contribution in [3.63, 3.8) is 0 Å². The van der Waals surface area contributed by atoms with Crippen LogP contribution in [0.15, 0.2) is 30.3 Å². The van der Waals surface area contributed by atoms with Crippen molar-refractivity contribution in [2.45, 2.75) is 6.61 Å². The van der Waals surface area contributed by atoms with Crippen LogP contribution in [0.4, 0.5) is 4.79 Å². The minimum Gasteiger partial charge on any atom is -0.445 e. The van der Waals surface area contributed by atoms with Crippen LogP contribution in [0.2, 0.25) is 0 Å². The maximum atomic E-state index is 11.0. The Morgan fingerprint density at radius 2 is 2.00 bits per heavy atom. The van der Waals surface area contributed by atoms with Gasteiger partial charge in [-0.15, -0.1) is 17.0 Å². The Kier molecular flexibility index (Phi) is 6.95. The summed E-state index contributed by atoms with van der Waals surface area (Å²) >= 11 is 0. The molecule has 0 bridgehead atoms. The number of amidine groups is 1. The zero-order valence-electron chi connectivity index (χ0n) is 8.60. The van der Waals surface area contributed by atoms with Gasteiger partial charge in [-0.05, 0) is 5.56 Å². The summed E-state index contributed by atoms with van der Waals surface area (Å²) in [7, 11) is 0. The molecule has 0 unspecified atom stereocenters. The summed E-state index contributed by atoms with van der Waals surface area (Å²) in [6.07, 6.45) is -0.575. The molecular formula is C10H14BrN3O2. The first-order valence-electron chi connectivity index (χ1n) is 4.46. The Balaban J connectivity index is 0.00000225. The zero-order valence-corrected chi connectivity index (χ0v) is 10.3. The van der Waals surface area contributed by atoms with Crippen molar-refractivity contribution >= 4 is 28.9 Å². The number of hydrogen-bond donors (Lipinski definition) is 3. The number of nitrogens with one attached hydrogen (secondary N) is 2. The van der Waals surface area contributed by atoms with Crippen molar-refractivity contribution in [2.75, 3.05) is 6.54 Å². The monoisotopic (exact) mass is 287 g/mol. The number of alkyl carbamates (subject to hydrolysis) is 1. The largest absolute Gasteiger partial charge is 0.445 e. The van der Waals surface area contributed by atoms with Crippen LogP contribution in [0.25, 0.3) is 0 Å². The van der Waals surface area contributed by atoms with Gasteiger partial charge in [0, 0.05) is 0 Å². The van der Waals surface area contributed by atoms with E-state index in [-0.39, 0.29) is 36.0 Å². The topological polar surface area (TPSA) is 88.2 Å². The van der Waals surface area contributed by atoms with Crippen molar-refractivity contribution < 1.29 is 9.53 Å². The summed E-state index contributed by atoms with van der Waals surface area (Å²) in [6.45, 7) is 0.220. The van der Waals surface area contributed by atoms with Crippen LogP contribution in [0.5, 0.6) is 0 Å². The van der Waals surface area contributed by atoms with E-state index in [4.69, 9.17) is 15.9 Å². The Morgan fingerprint density at radius 1 is 1.38 bits per heavy atom. The van der Waals surface area contributed by atoms with Gasteiger partial charge in [-0.25, -0.2) is 4.79 Å². The molecule has 0 aliphatic heterocycles. The maximum Gasteiger partial charge on any atom is 0.407 e. The highest BCUT2D eigenvalue weighted by Gasteiger charge is 2.01. The summed E-state index contributed by atoms with van der Waals surface area (Å²) in [4.78, 5) is 11.0. The molecule has 0 fully saturated rings. The number of nitrogens with two attached hydrogens (primary N) is 1. The second-order valence-electron chi connectivity index (χ2n) is 2.94. The second-order valence-corrected chi connectivity index (χ2v) is 2.94. The van der Waals surface area contributed by atoms with Gasteiger partial charge in [-0.2, -0.15) is 0 Å². The molecular weight excluding hydrogens is 274 g/mol. The normalized spacial score (nSPS) is 8.75. The molecule has 0 saturated heterocycles. The third-order valence-corrected chi connectivity index (χ3v) is 1.64. The number of rotatable bonds is 4. The molecule has 0 saturated carbocycles. The highest BCUT2D eigenvalue weighted by Crippen LogP contribution is 2.00. The molecule has 0 aromatic heterocycles. The summed E-state index contributed by atoms with van der Waals surface area (Å²) in [6, 6.07) is 9.34. The van der Waals surface area contributed by atoms with Crippen molar-refractivity contribution in [1.82, 2.24) is 5.32 Å². The molecule has 4 N–H and O–H groups in total. The number of benzene rings is 1. The number of hydrogen-bond acceptors (Lipinski definition) is 3. The molecule has 0 heterocycles. The smallest absolute Gasteiger partial charge is 0.407 e. The van der Waals surface area contributed by atoms with Crippen LogP contribution in [0, 0.1) is 5.41 Å². The van der Waals surface area contributed by atoms with Crippen LogP contribution in [-0.4, -0.2) is 18.5 Å². The first-order chi connectivity index (χ1) is 7.18. The fourth-order valence-corrected chi connectivity index (χ4v) is 0.942. The molecule has 16 heavy (non-hydrogen) atoms. The number of halogens is 1. The average Bonchev–Trinajstić information content (AvgIpc) is 2.25. The summed E-state index contributed by atoms with van der Waals surface area (Å²) in [5, 5.41) is 9.23. The maximum absolute atomic E-state index is 11.0. The van der Waals surface area contributed by atoms with Crippen LogP contribution < -0.4 is 11.1 Å². The molecule has 1 rings (SSSR count). The van der Waals surface area contributed by atoms with E-state index in [0.29, 0.717) is 0 Å². The molecule has 6 heteroatoms. The van der Waals surface area contributed by atoms with Crippen molar-refractivity contribution in [3.8, 4) is 0 Å². The fourth-order valence-electron chi connectivity index (χ4n) is 0.942. The standard InChI is InChI=1S/C10H13N3O2.BrH/c11-9(12)6-13-10(14)15-7-8-4-2-1-3-5-8;/h1-5H,6-7H2,(H3,11,12)(H,13,14);1H. The van der Waals surface area contributed by atoms with E-state index in [2.05, 4.69) is 5.32 Å². The van der Waals surface area contributed by atoms with Crippen molar-refractivity contribution in [2.24, 2.45) is 5.73 Å². The SMILES string of the molecule is Br.N=C(N)CNC(=O)OCc1ccccc1. The van der Waals surface area contributed by atoms with Crippen LogP contribution in [0.3, 0.4) is 0 Å². The lowest BCUT2D eigenvalue weighted by atomic mass is 10.2. The van der Waals surface area contributed by atoms with Gasteiger partial charge in [-0.1, -0.05) is 30.3 Å². The first-order valence-corrected chi connectivity index (χ1v) is 4.46.